The van der Waals surface area contributed by atoms with Crippen molar-refractivity contribution in [3.8, 4) is 11.5 Å². The van der Waals surface area contributed by atoms with Gasteiger partial charge in [-0.1, -0.05) is 0 Å². The molecule has 0 heterocycles. The number of methoxy groups -OCH3 is 2. The van der Waals surface area contributed by atoms with Crippen LogP contribution in [0.4, 0.5) is 0 Å². The van der Waals surface area contributed by atoms with E-state index in [0.29, 0.717) is 17.1 Å². The number of amides is 1. The summed E-state index contributed by atoms with van der Waals surface area (Å²) in [6.07, 6.45) is 0. The number of ether oxygens (including phenoxy) is 3. The number of rotatable bonds is 6. The summed E-state index contributed by atoms with van der Waals surface area (Å²) in [6.45, 7) is 1.23. The number of esters is 1. The van der Waals surface area contributed by atoms with Gasteiger partial charge in [-0.05, 0) is 18.2 Å². The number of nitrogens with one attached hydrogen (secondary N) is 1. The molecule has 0 fully saturated rings. The van der Waals surface area contributed by atoms with Gasteiger partial charge in [0.15, 0.2) is 0 Å². The summed E-state index contributed by atoms with van der Waals surface area (Å²) in [7, 11) is 3.08. The first-order chi connectivity index (χ1) is 9.06. The minimum atomic E-state index is -0.514. The van der Waals surface area contributed by atoms with Gasteiger partial charge in [0.05, 0.1) is 14.2 Å². The fourth-order valence-corrected chi connectivity index (χ4v) is 1.40. The van der Waals surface area contributed by atoms with Crippen LogP contribution in [0, 0.1) is 0 Å². The zero-order valence-electron chi connectivity index (χ0n) is 11.2. The van der Waals surface area contributed by atoms with Crippen LogP contribution in [0.15, 0.2) is 18.2 Å². The van der Waals surface area contributed by atoms with E-state index in [4.69, 9.17) is 14.2 Å². The largest absolute Gasteiger partial charge is 0.497 e. The van der Waals surface area contributed by atoms with Crippen molar-refractivity contribution in [1.82, 2.24) is 5.32 Å². The van der Waals surface area contributed by atoms with Crippen molar-refractivity contribution < 1.29 is 23.8 Å². The molecule has 0 saturated heterocycles. The van der Waals surface area contributed by atoms with Gasteiger partial charge in [0.25, 0.3) is 0 Å². The summed E-state index contributed by atoms with van der Waals surface area (Å²) >= 11 is 0. The van der Waals surface area contributed by atoms with Crippen LogP contribution in [0.1, 0.15) is 12.5 Å². The molecule has 19 heavy (non-hydrogen) atoms. The predicted octanol–water partition coefficient (Wildman–Crippen LogP) is 0.883. The van der Waals surface area contributed by atoms with E-state index >= 15 is 0 Å². The highest BCUT2D eigenvalue weighted by atomic mass is 16.5. The van der Waals surface area contributed by atoms with Crippen LogP contribution in [0.5, 0.6) is 11.5 Å². The smallest absolute Gasteiger partial charge is 0.325 e. The second-order valence-electron chi connectivity index (χ2n) is 3.75. The summed E-state index contributed by atoms with van der Waals surface area (Å²) in [5.74, 6) is 0.456. The van der Waals surface area contributed by atoms with Gasteiger partial charge >= 0.3 is 5.97 Å². The van der Waals surface area contributed by atoms with Gasteiger partial charge in [-0.3, -0.25) is 9.59 Å². The van der Waals surface area contributed by atoms with Gasteiger partial charge in [0.2, 0.25) is 5.91 Å². The topological polar surface area (TPSA) is 73.9 Å². The highest BCUT2D eigenvalue weighted by Crippen LogP contribution is 2.24. The van der Waals surface area contributed by atoms with Crippen LogP contribution >= 0.6 is 0 Å². The number of benzene rings is 1. The molecule has 0 spiro atoms. The van der Waals surface area contributed by atoms with E-state index in [0.717, 1.165) is 0 Å². The molecule has 0 aromatic heterocycles. The van der Waals surface area contributed by atoms with Gasteiger partial charge in [-0.25, -0.2) is 0 Å². The van der Waals surface area contributed by atoms with Gasteiger partial charge < -0.3 is 19.5 Å². The molecule has 1 N–H and O–H groups in total. The molecule has 0 saturated carbocycles. The van der Waals surface area contributed by atoms with E-state index in [2.05, 4.69) is 5.32 Å². The molecular formula is C13H17NO5. The monoisotopic (exact) mass is 267 g/mol. The average Bonchev–Trinajstić information content (AvgIpc) is 2.42. The lowest BCUT2D eigenvalue weighted by Crippen LogP contribution is -2.28. The fraction of sp³-hybridized carbons (Fsp3) is 0.385. The summed E-state index contributed by atoms with van der Waals surface area (Å²) in [5, 5.41) is 2.36. The van der Waals surface area contributed by atoms with Crippen LogP contribution in [0.3, 0.4) is 0 Å². The van der Waals surface area contributed by atoms with Gasteiger partial charge in [0, 0.05) is 12.5 Å². The van der Waals surface area contributed by atoms with E-state index < -0.39 is 5.97 Å². The first-order valence-electron chi connectivity index (χ1n) is 5.67. The molecule has 0 aliphatic carbocycles. The molecule has 1 aromatic carbocycles. The number of hydrogen-bond donors (Lipinski definition) is 1. The lowest BCUT2D eigenvalue weighted by Gasteiger charge is -2.11. The predicted molar refractivity (Wildman–Crippen MR) is 68.0 cm³/mol. The average molecular weight is 267 g/mol. The molecular weight excluding hydrogens is 250 g/mol. The molecule has 0 aliphatic rings. The van der Waals surface area contributed by atoms with Crippen molar-refractivity contribution in [2.45, 2.75) is 13.5 Å². The molecule has 104 valence electrons. The lowest BCUT2D eigenvalue weighted by molar-refractivity contribution is -0.145. The van der Waals surface area contributed by atoms with E-state index in [1.165, 1.54) is 14.0 Å². The van der Waals surface area contributed by atoms with E-state index in [9.17, 15) is 9.59 Å². The third kappa shape index (κ3) is 4.87. The van der Waals surface area contributed by atoms with E-state index in [1.54, 1.807) is 25.3 Å². The molecule has 0 unspecified atom stereocenters. The highest BCUT2D eigenvalue weighted by Gasteiger charge is 2.09. The Bertz CT molecular complexity index is 458. The summed E-state index contributed by atoms with van der Waals surface area (Å²) < 4.78 is 15.3. The minimum absolute atomic E-state index is 0.0544. The summed E-state index contributed by atoms with van der Waals surface area (Å²) in [5.41, 5.74) is 0.693. The van der Waals surface area contributed by atoms with Gasteiger partial charge in [0.1, 0.15) is 24.7 Å². The first kappa shape index (κ1) is 14.8. The molecule has 6 heteroatoms. The van der Waals surface area contributed by atoms with E-state index in [-0.39, 0.29) is 19.1 Å². The first-order valence-corrected chi connectivity index (χ1v) is 5.67. The molecule has 0 atom stereocenters. The third-order valence-corrected chi connectivity index (χ3v) is 2.36. The Morgan fingerprint density at radius 2 is 1.95 bits per heavy atom. The van der Waals surface area contributed by atoms with Gasteiger partial charge in [-0.2, -0.15) is 0 Å². The van der Waals surface area contributed by atoms with Crippen molar-refractivity contribution in [2.24, 2.45) is 0 Å². The molecule has 0 radical (unpaired) electrons. The molecule has 6 nitrogen and oxygen atoms in total. The van der Waals surface area contributed by atoms with Crippen LogP contribution in [0.25, 0.3) is 0 Å². The van der Waals surface area contributed by atoms with Crippen LogP contribution < -0.4 is 14.8 Å². The zero-order chi connectivity index (χ0) is 14.3. The lowest BCUT2D eigenvalue weighted by atomic mass is 10.2. The Balaban J connectivity index is 2.60. The molecule has 1 rings (SSSR count). The Kier molecular flexibility index (Phi) is 5.66. The van der Waals surface area contributed by atoms with Crippen molar-refractivity contribution in [3.63, 3.8) is 0 Å². The maximum Gasteiger partial charge on any atom is 0.325 e. The Morgan fingerprint density at radius 3 is 2.53 bits per heavy atom. The zero-order valence-corrected chi connectivity index (χ0v) is 11.2. The van der Waals surface area contributed by atoms with Crippen molar-refractivity contribution in [2.75, 3.05) is 20.8 Å². The highest BCUT2D eigenvalue weighted by molar-refractivity contribution is 5.80. The second-order valence-corrected chi connectivity index (χ2v) is 3.75. The van der Waals surface area contributed by atoms with Crippen LogP contribution in [0.2, 0.25) is 0 Å². The number of carbonyl (C=O) groups is 2. The Labute approximate surface area is 111 Å². The SMILES string of the molecule is COc1ccc(OC)c(COC(=O)CNC(C)=O)c1. The third-order valence-electron chi connectivity index (χ3n) is 2.36. The standard InChI is InChI=1S/C13H17NO5/c1-9(15)14-7-13(16)19-8-10-6-11(17-2)4-5-12(10)18-3/h4-6H,7-8H2,1-3H3,(H,14,15). The minimum Gasteiger partial charge on any atom is -0.497 e. The normalized spacial score (nSPS) is 9.63. The Morgan fingerprint density at radius 1 is 1.21 bits per heavy atom. The number of carbonyl (C=O) groups excluding carboxylic acids is 2. The molecule has 1 amide bonds. The van der Waals surface area contributed by atoms with Crippen LogP contribution in [-0.2, 0) is 20.9 Å². The fourth-order valence-electron chi connectivity index (χ4n) is 1.40. The molecule has 0 aliphatic heterocycles. The summed E-state index contributed by atoms with van der Waals surface area (Å²) in [6, 6.07) is 5.21. The maximum absolute atomic E-state index is 11.4. The van der Waals surface area contributed by atoms with Crippen LogP contribution in [-0.4, -0.2) is 32.6 Å². The second kappa shape index (κ2) is 7.25. The quantitative estimate of drug-likeness (QED) is 0.775. The van der Waals surface area contributed by atoms with Crippen molar-refractivity contribution in [3.05, 3.63) is 23.8 Å². The molecule has 1 aromatic rings. The van der Waals surface area contributed by atoms with Gasteiger partial charge in [-0.15, -0.1) is 0 Å². The van der Waals surface area contributed by atoms with E-state index in [1.807, 2.05) is 0 Å². The molecule has 0 bridgehead atoms. The summed E-state index contributed by atoms with van der Waals surface area (Å²) in [4.78, 5) is 22.0. The van der Waals surface area contributed by atoms with Crippen molar-refractivity contribution >= 4 is 11.9 Å². The van der Waals surface area contributed by atoms with Crippen molar-refractivity contribution in [1.29, 1.82) is 0 Å². The maximum atomic E-state index is 11.4. The Hall–Kier alpha value is -2.24. The number of hydrogen-bond acceptors (Lipinski definition) is 5.